The van der Waals surface area contributed by atoms with E-state index in [2.05, 4.69) is 17.2 Å². The first-order chi connectivity index (χ1) is 12.2. The molecule has 0 aliphatic heterocycles. The second-order valence-electron chi connectivity index (χ2n) is 5.40. The van der Waals surface area contributed by atoms with Gasteiger partial charge in [0.1, 0.15) is 12.4 Å². The van der Waals surface area contributed by atoms with Crippen LogP contribution in [0.25, 0.3) is 10.8 Å². The summed E-state index contributed by atoms with van der Waals surface area (Å²) in [5.41, 5.74) is 1.45. The van der Waals surface area contributed by atoms with Gasteiger partial charge in [-0.25, -0.2) is 4.79 Å². The number of fused-ring (bicyclic) bond motifs is 1. The first kappa shape index (κ1) is 16.4. The smallest absolute Gasteiger partial charge is 0.408 e. The van der Waals surface area contributed by atoms with Gasteiger partial charge in [-0.05, 0) is 17.0 Å². The molecule has 2 N–H and O–H groups in total. The highest BCUT2D eigenvalue weighted by atomic mass is 16.5. The molecular weight excluding hydrogens is 314 g/mol. The number of hydrogen-bond donors (Lipinski definition) is 2. The number of carbonyl (C=O) groups is 1. The van der Waals surface area contributed by atoms with Crippen molar-refractivity contribution in [2.75, 3.05) is 6.54 Å². The van der Waals surface area contributed by atoms with Crippen LogP contribution in [0.2, 0.25) is 0 Å². The van der Waals surface area contributed by atoms with Gasteiger partial charge in [0.2, 0.25) is 0 Å². The lowest BCUT2D eigenvalue weighted by atomic mass is 10.1. The van der Waals surface area contributed by atoms with Crippen LogP contribution in [-0.4, -0.2) is 17.7 Å². The lowest BCUT2D eigenvalue weighted by Gasteiger charge is -2.04. The lowest BCUT2D eigenvalue weighted by Crippen LogP contribution is -2.24. The minimum Gasteiger partial charge on any atom is -0.506 e. The Labute approximate surface area is 146 Å². The first-order valence-corrected chi connectivity index (χ1v) is 7.88. The quantitative estimate of drug-likeness (QED) is 0.717. The number of ether oxygens (including phenoxy) is 1. The molecule has 4 heteroatoms. The van der Waals surface area contributed by atoms with Gasteiger partial charge in [-0.2, -0.15) is 0 Å². The molecule has 0 spiro atoms. The summed E-state index contributed by atoms with van der Waals surface area (Å²) in [4.78, 5) is 11.6. The van der Waals surface area contributed by atoms with E-state index in [0.717, 1.165) is 16.3 Å². The van der Waals surface area contributed by atoms with Crippen LogP contribution in [0, 0.1) is 11.8 Å². The van der Waals surface area contributed by atoms with Crippen molar-refractivity contribution in [2.45, 2.75) is 6.61 Å². The van der Waals surface area contributed by atoms with E-state index in [1.54, 1.807) is 6.07 Å². The van der Waals surface area contributed by atoms with E-state index in [4.69, 9.17) is 4.74 Å². The highest BCUT2D eigenvalue weighted by Crippen LogP contribution is 2.27. The number of phenols is 1. The van der Waals surface area contributed by atoms with E-state index in [1.165, 1.54) is 0 Å². The third kappa shape index (κ3) is 4.30. The summed E-state index contributed by atoms with van der Waals surface area (Å²) in [5, 5.41) is 14.5. The zero-order valence-electron chi connectivity index (χ0n) is 13.5. The number of carbonyl (C=O) groups excluding carboxylic acids is 1. The van der Waals surface area contributed by atoms with Crippen molar-refractivity contribution >= 4 is 16.9 Å². The maximum absolute atomic E-state index is 11.6. The maximum Gasteiger partial charge on any atom is 0.408 e. The van der Waals surface area contributed by atoms with Crippen LogP contribution in [0.1, 0.15) is 11.1 Å². The molecular formula is C21H17NO3. The van der Waals surface area contributed by atoms with Crippen LogP contribution >= 0.6 is 0 Å². The fraction of sp³-hybridized carbons (Fsp3) is 0.0952. The molecule has 3 aromatic carbocycles. The fourth-order valence-corrected chi connectivity index (χ4v) is 2.39. The summed E-state index contributed by atoms with van der Waals surface area (Å²) >= 11 is 0. The molecule has 0 aliphatic rings. The normalized spacial score (nSPS) is 9.92. The van der Waals surface area contributed by atoms with E-state index < -0.39 is 6.09 Å². The van der Waals surface area contributed by atoms with Crippen molar-refractivity contribution in [3.63, 3.8) is 0 Å². The highest BCUT2D eigenvalue weighted by Gasteiger charge is 2.03. The Kier molecular flexibility index (Phi) is 5.18. The average molecular weight is 331 g/mol. The molecule has 0 aliphatic carbocycles. The molecule has 0 saturated heterocycles. The third-order valence-electron chi connectivity index (χ3n) is 3.66. The molecule has 3 rings (SSSR count). The standard InChI is InChI=1S/C21H17NO3/c23-20-18(13-12-17-9-4-5-11-19(17)20)10-6-14-22-21(24)25-15-16-7-2-1-3-8-16/h1-5,7-9,11-13,23H,14-15H2,(H,22,24). The van der Waals surface area contributed by atoms with Gasteiger partial charge in [0.05, 0.1) is 12.1 Å². The summed E-state index contributed by atoms with van der Waals surface area (Å²) in [5.74, 6) is 5.83. The Hall–Kier alpha value is -3.45. The van der Waals surface area contributed by atoms with E-state index in [0.29, 0.717) is 5.56 Å². The molecule has 3 aromatic rings. The van der Waals surface area contributed by atoms with Gasteiger partial charge in [0.25, 0.3) is 0 Å². The van der Waals surface area contributed by atoms with Gasteiger partial charge < -0.3 is 15.2 Å². The fourth-order valence-electron chi connectivity index (χ4n) is 2.39. The first-order valence-electron chi connectivity index (χ1n) is 7.88. The third-order valence-corrected chi connectivity index (χ3v) is 3.66. The zero-order valence-corrected chi connectivity index (χ0v) is 13.5. The van der Waals surface area contributed by atoms with Crippen LogP contribution in [-0.2, 0) is 11.3 Å². The van der Waals surface area contributed by atoms with E-state index >= 15 is 0 Å². The molecule has 0 bridgehead atoms. The van der Waals surface area contributed by atoms with Crippen LogP contribution in [0.5, 0.6) is 5.75 Å². The van der Waals surface area contributed by atoms with Crippen molar-refractivity contribution in [3.8, 4) is 17.6 Å². The highest BCUT2D eigenvalue weighted by molar-refractivity contribution is 5.90. The van der Waals surface area contributed by atoms with Crippen molar-refractivity contribution in [1.82, 2.24) is 5.32 Å². The van der Waals surface area contributed by atoms with Crippen molar-refractivity contribution in [1.29, 1.82) is 0 Å². The van der Waals surface area contributed by atoms with E-state index in [1.807, 2.05) is 60.7 Å². The Morgan fingerprint density at radius 3 is 2.60 bits per heavy atom. The second kappa shape index (κ2) is 7.89. The molecule has 4 nitrogen and oxygen atoms in total. The Morgan fingerprint density at radius 2 is 1.76 bits per heavy atom. The number of phenolic OH excluding ortho intramolecular Hbond substituents is 1. The summed E-state index contributed by atoms with van der Waals surface area (Å²) in [6.45, 7) is 0.353. The van der Waals surface area contributed by atoms with E-state index in [9.17, 15) is 9.90 Å². The molecule has 0 unspecified atom stereocenters. The molecule has 0 heterocycles. The topological polar surface area (TPSA) is 58.6 Å². The summed E-state index contributed by atoms with van der Waals surface area (Å²) in [6.07, 6.45) is -0.527. The number of benzene rings is 3. The van der Waals surface area contributed by atoms with Gasteiger partial charge in [-0.15, -0.1) is 0 Å². The van der Waals surface area contributed by atoms with Crippen LogP contribution in [0.15, 0.2) is 66.7 Å². The largest absolute Gasteiger partial charge is 0.506 e. The van der Waals surface area contributed by atoms with E-state index in [-0.39, 0.29) is 18.9 Å². The van der Waals surface area contributed by atoms with Gasteiger partial charge >= 0.3 is 6.09 Å². The van der Waals surface area contributed by atoms with Crippen molar-refractivity contribution in [2.24, 2.45) is 0 Å². The second-order valence-corrected chi connectivity index (χ2v) is 5.40. The van der Waals surface area contributed by atoms with Crippen LogP contribution in [0.3, 0.4) is 0 Å². The molecule has 0 fully saturated rings. The Balaban J connectivity index is 1.54. The number of rotatable bonds is 3. The minimum absolute atomic E-state index is 0.139. The van der Waals surface area contributed by atoms with Gasteiger partial charge in [-0.3, -0.25) is 0 Å². The number of nitrogens with one attached hydrogen (secondary N) is 1. The number of alkyl carbamates (subject to hydrolysis) is 1. The molecule has 0 aromatic heterocycles. The molecule has 0 saturated carbocycles. The van der Waals surface area contributed by atoms with Crippen molar-refractivity contribution in [3.05, 3.63) is 77.9 Å². The molecule has 1 amide bonds. The predicted octanol–water partition coefficient (Wildman–Crippen LogP) is 3.82. The predicted molar refractivity (Wildman–Crippen MR) is 97.1 cm³/mol. The summed E-state index contributed by atoms with van der Waals surface area (Å²) < 4.78 is 5.09. The van der Waals surface area contributed by atoms with Crippen LogP contribution < -0.4 is 5.32 Å². The zero-order chi connectivity index (χ0) is 17.5. The maximum atomic E-state index is 11.6. The monoisotopic (exact) mass is 331 g/mol. The Bertz CT molecular complexity index is 940. The SMILES string of the molecule is O=C(NCC#Cc1ccc2ccccc2c1O)OCc1ccccc1. The number of amides is 1. The number of aromatic hydroxyl groups is 1. The van der Waals surface area contributed by atoms with Crippen LogP contribution in [0.4, 0.5) is 4.79 Å². The molecule has 25 heavy (non-hydrogen) atoms. The summed E-state index contributed by atoms with van der Waals surface area (Å²) in [7, 11) is 0. The number of hydrogen-bond acceptors (Lipinski definition) is 3. The lowest BCUT2D eigenvalue weighted by molar-refractivity contribution is 0.141. The molecule has 124 valence electrons. The van der Waals surface area contributed by atoms with Gasteiger partial charge in [0, 0.05) is 5.39 Å². The minimum atomic E-state index is -0.527. The van der Waals surface area contributed by atoms with Gasteiger partial charge in [-0.1, -0.05) is 72.5 Å². The van der Waals surface area contributed by atoms with Crippen molar-refractivity contribution < 1.29 is 14.6 Å². The Morgan fingerprint density at radius 1 is 1.00 bits per heavy atom. The van der Waals surface area contributed by atoms with Gasteiger partial charge in [0.15, 0.2) is 0 Å². The summed E-state index contributed by atoms with van der Waals surface area (Å²) in [6, 6.07) is 20.7. The molecule has 0 atom stereocenters. The average Bonchev–Trinajstić information content (AvgIpc) is 2.66. The molecule has 0 radical (unpaired) electrons.